The van der Waals surface area contributed by atoms with Gasteiger partial charge in [-0.3, -0.25) is 14.5 Å². The van der Waals surface area contributed by atoms with Crippen molar-refractivity contribution in [3.63, 3.8) is 0 Å². The summed E-state index contributed by atoms with van der Waals surface area (Å²) in [6, 6.07) is -0.410. The number of nitrogens with zero attached hydrogens (tertiary/aromatic N) is 1. The summed E-state index contributed by atoms with van der Waals surface area (Å²) in [6.45, 7) is 7.20. The van der Waals surface area contributed by atoms with Crippen molar-refractivity contribution in [2.45, 2.75) is 38.5 Å². The molecule has 0 aromatic rings. The molecule has 0 bridgehead atoms. The second-order valence-corrected chi connectivity index (χ2v) is 6.64. The molecule has 108 valence electrons. The zero-order chi connectivity index (χ0) is 14.8. The van der Waals surface area contributed by atoms with E-state index in [4.69, 9.17) is 5.11 Å². The van der Waals surface area contributed by atoms with Gasteiger partial charge < -0.3 is 10.4 Å². The Hall–Kier alpha value is -1.24. The van der Waals surface area contributed by atoms with Crippen molar-refractivity contribution in [2.24, 2.45) is 5.92 Å². The summed E-state index contributed by atoms with van der Waals surface area (Å²) in [5.74, 6) is -0.709. The minimum Gasteiger partial charge on any atom is -0.480 e. The van der Waals surface area contributed by atoms with Gasteiger partial charge in [-0.2, -0.15) is 0 Å². The summed E-state index contributed by atoms with van der Waals surface area (Å²) < 4.78 is 0. The lowest BCUT2D eigenvalue weighted by Crippen LogP contribution is -2.40. The molecule has 1 fully saturated rings. The van der Waals surface area contributed by atoms with E-state index >= 15 is 0 Å². The van der Waals surface area contributed by atoms with Crippen molar-refractivity contribution in [2.75, 3.05) is 12.3 Å². The van der Waals surface area contributed by atoms with E-state index in [1.54, 1.807) is 13.8 Å². The van der Waals surface area contributed by atoms with E-state index in [2.05, 4.69) is 5.32 Å². The molecule has 0 radical (unpaired) electrons. The molecule has 7 heteroatoms. The summed E-state index contributed by atoms with van der Waals surface area (Å²) in [4.78, 5) is 35.7. The van der Waals surface area contributed by atoms with Crippen molar-refractivity contribution in [3.8, 4) is 0 Å². The molecule has 1 saturated heterocycles. The summed E-state index contributed by atoms with van der Waals surface area (Å²) >= 11 is 1.26. The Kier molecular flexibility index (Phi) is 4.84. The van der Waals surface area contributed by atoms with Gasteiger partial charge in [0, 0.05) is 12.3 Å². The van der Waals surface area contributed by atoms with E-state index in [0.29, 0.717) is 5.75 Å². The highest BCUT2D eigenvalue weighted by Crippen LogP contribution is 2.22. The maximum atomic E-state index is 11.9. The number of carboxylic acids is 1. The number of rotatable bonds is 6. The van der Waals surface area contributed by atoms with Gasteiger partial charge in [-0.05, 0) is 19.8 Å². The zero-order valence-corrected chi connectivity index (χ0v) is 12.4. The van der Waals surface area contributed by atoms with Gasteiger partial charge in [0.25, 0.3) is 5.91 Å². The van der Waals surface area contributed by atoms with E-state index in [0.717, 1.165) is 4.90 Å². The molecule has 3 amide bonds. The highest BCUT2D eigenvalue weighted by atomic mass is 32.2. The molecule has 1 unspecified atom stereocenters. The molecule has 0 spiro atoms. The number of carbonyl (C=O) groups is 3. The van der Waals surface area contributed by atoms with Gasteiger partial charge in [0.2, 0.25) is 0 Å². The van der Waals surface area contributed by atoms with E-state index in [1.165, 1.54) is 11.8 Å². The monoisotopic (exact) mass is 288 g/mol. The molecule has 19 heavy (non-hydrogen) atoms. The Bertz CT molecular complexity index is 395. The lowest BCUT2D eigenvalue weighted by molar-refractivity contribution is -0.137. The second-order valence-electron chi connectivity index (χ2n) is 5.39. The third kappa shape index (κ3) is 3.62. The summed E-state index contributed by atoms with van der Waals surface area (Å²) in [7, 11) is 0. The van der Waals surface area contributed by atoms with E-state index in [1.807, 2.05) is 13.8 Å². The van der Waals surface area contributed by atoms with Gasteiger partial charge in [-0.15, -0.1) is 11.8 Å². The number of hydrogen-bond donors (Lipinski definition) is 2. The van der Waals surface area contributed by atoms with Crippen LogP contribution in [0.25, 0.3) is 0 Å². The van der Waals surface area contributed by atoms with Crippen molar-refractivity contribution < 1.29 is 19.5 Å². The molecule has 0 saturated carbocycles. The number of thioether (sulfide) groups is 1. The lowest BCUT2D eigenvalue weighted by Gasteiger charge is -2.18. The average molecular weight is 288 g/mol. The Balaban J connectivity index is 2.52. The molecule has 0 aromatic heterocycles. The van der Waals surface area contributed by atoms with Crippen LogP contribution >= 0.6 is 11.8 Å². The maximum absolute atomic E-state index is 11.9. The normalized spacial score (nSPS) is 19.7. The van der Waals surface area contributed by atoms with E-state index in [9.17, 15) is 14.4 Å². The minimum atomic E-state index is -0.869. The number of urea groups is 1. The Labute approximate surface area is 116 Å². The number of aliphatic carboxylic acids is 1. The minimum absolute atomic E-state index is 0.00190. The predicted octanol–water partition coefficient (Wildman–Crippen LogP) is 1.16. The summed E-state index contributed by atoms with van der Waals surface area (Å²) in [6.07, 6.45) is 0. The summed E-state index contributed by atoms with van der Waals surface area (Å²) in [5.41, 5.74) is -0.869. The van der Waals surface area contributed by atoms with Crippen LogP contribution in [0.3, 0.4) is 0 Å². The van der Waals surface area contributed by atoms with Crippen LogP contribution in [0.15, 0.2) is 0 Å². The van der Waals surface area contributed by atoms with Crippen LogP contribution in [0.5, 0.6) is 0 Å². The fourth-order valence-electron chi connectivity index (χ4n) is 1.84. The van der Waals surface area contributed by atoms with Gasteiger partial charge >= 0.3 is 12.0 Å². The van der Waals surface area contributed by atoms with Crippen molar-refractivity contribution >= 4 is 29.7 Å². The second kappa shape index (κ2) is 5.81. The van der Waals surface area contributed by atoms with Gasteiger partial charge in [0.05, 0.1) is 0 Å². The Morgan fingerprint density at radius 1 is 1.42 bits per heavy atom. The largest absolute Gasteiger partial charge is 0.480 e. The molecule has 0 aromatic carbocycles. The fourth-order valence-corrected chi connectivity index (χ4v) is 2.91. The first-order chi connectivity index (χ1) is 8.66. The summed E-state index contributed by atoms with van der Waals surface area (Å²) in [5, 5.41) is 11.1. The van der Waals surface area contributed by atoms with Gasteiger partial charge in [0.1, 0.15) is 10.8 Å². The molecule has 1 aliphatic rings. The quantitative estimate of drug-likeness (QED) is 0.716. The van der Waals surface area contributed by atoms with Gasteiger partial charge in [-0.1, -0.05) is 13.8 Å². The molecule has 0 aliphatic carbocycles. The molecule has 1 atom stereocenters. The predicted molar refractivity (Wildman–Crippen MR) is 73.0 cm³/mol. The number of nitrogens with one attached hydrogen (secondary N) is 1. The standard InChI is InChI=1S/C12H20N2O4S/c1-7(2)8(9(15)16)19-6-5-14-10(17)12(3,4)13-11(14)18/h7-8H,5-6H2,1-4H3,(H,13,18)(H,15,16). The SMILES string of the molecule is CC(C)C(SCCN1C(=O)NC(C)(C)C1=O)C(=O)O. The molecule has 2 N–H and O–H groups in total. The first-order valence-corrected chi connectivity index (χ1v) is 7.20. The van der Waals surface area contributed by atoms with Crippen LogP contribution in [-0.4, -0.2) is 51.0 Å². The third-order valence-corrected chi connectivity index (χ3v) is 4.43. The first kappa shape index (κ1) is 15.8. The lowest BCUT2D eigenvalue weighted by atomic mass is 10.1. The van der Waals surface area contributed by atoms with Crippen LogP contribution in [0.2, 0.25) is 0 Å². The Morgan fingerprint density at radius 3 is 2.37 bits per heavy atom. The van der Waals surface area contributed by atoms with Crippen LogP contribution in [0.4, 0.5) is 4.79 Å². The van der Waals surface area contributed by atoms with Crippen molar-refractivity contribution in [3.05, 3.63) is 0 Å². The van der Waals surface area contributed by atoms with Crippen molar-refractivity contribution in [1.29, 1.82) is 0 Å². The number of carboxylic acid groups (broad SMARTS) is 1. The molecule has 1 aliphatic heterocycles. The first-order valence-electron chi connectivity index (χ1n) is 6.15. The van der Waals surface area contributed by atoms with E-state index in [-0.39, 0.29) is 18.4 Å². The smallest absolute Gasteiger partial charge is 0.325 e. The molecular formula is C12H20N2O4S. The van der Waals surface area contributed by atoms with Crippen LogP contribution < -0.4 is 5.32 Å². The molecule has 1 heterocycles. The highest BCUT2D eigenvalue weighted by molar-refractivity contribution is 8.00. The molecule has 1 rings (SSSR count). The van der Waals surface area contributed by atoms with Crippen molar-refractivity contribution in [1.82, 2.24) is 10.2 Å². The maximum Gasteiger partial charge on any atom is 0.325 e. The van der Waals surface area contributed by atoms with Crippen LogP contribution in [0, 0.1) is 5.92 Å². The van der Waals surface area contributed by atoms with Gasteiger partial charge in [-0.25, -0.2) is 4.79 Å². The van der Waals surface area contributed by atoms with E-state index < -0.39 is 22.8 Å². The number of amides is 3. The zero-order valence-electron chi connectivity index (χ0n) is 11.6. The number of imide groups is 1. The number of hydrogen-bond acceptors (Lipinski definition) is 4. The van der Waals surface area contributed by atoms with Gasteiger partial charge in [0.15, 0.2) is 0 Å². The van der Waals surface area contributed by atoms with Crippen LogP contribution in [0.1, 0.15) is 27.7 Å². The average Bonchev–Trinajstić information content (AvgIpc) is 2.44. The molecular weight excluding hydrogens is 268 g/mol. The molecule has 6 nitrogen and oxygen atoms in total. The third-order valence-electron chi connectivity index (χ3n) is 2.91. The number of carbonyl (C=O) groups excluding carboxylic acids is 2. The van der Waals surface area contributed by atoms with Crippen LogP contribution in [-0.2, 0) is 9.59 Å². The topological polar surface area (TPSA) is 86.7 Å². The highest BCUT2D eigenvalue weighted by Gasteiger charge is 2.43. The fraction of sp³-hybridized carbons (Fsp3) is 0.750. The Morgan fingerprint density at radius 2 is 2.00 bits per heavy atom.